The minimum Gasteiger partial charge on any atom is -0.0622 e. The Hall–Kier alpha value is -12.8. The monoisotopic (exact) mass is 2030 g/mol. The molecule has 136 heavy (non-hydrogen) atoms. The molecule has 0 amide bonds. The van der Waals surface area contributed by atoms with Crippen LogP contribution in [0, 0.1) is 0 Å². The minimum absolute atomic E-state index is 0.102. The molecule has 5 aromatic heterocycles. The fourth-order valence-electron chi connectivity index (χ4n) is 14.4. The Morgan fingerprint density at radius 2 is 0.632 bits per heavy atom. The van der Waals surface area contributed by atoms with E-state index in [9.17, 15) is 0 Å². The zero-order chi connectivity index (χ0) is 95.6. The molecule has 0 fully saturated rings. The zero-order valence-corrected chi connectivity index (χ0v) is 82.4. The molecule has 692 valence electrons. The van der Waals surface area contributed by atoms with Gasteiger partial charge >= 0.3 is 42.1 Å². The van der Waals surface area contributed by atoms with Crippen LogP contribution in [0.3, 0.4) is 0 Å². The predicted molar refractivity (Wildman–Crippen MR) is 564 cm³/mol. The van der Waals surface area contributed by atoms with Crippen LogP contribution in [0.2, 0.25) is 15.7 Å². The second kappa shape index (κ2) is 54.7. The molecule has 0 saturated heterocycles. The van der Waals surface area contributed by atoms with Gasteiger partial charge in [-0.25, -0.2) is 29.9 Å². The Bertz CT molecular complexity index is 6580. The summed E-state index contributed by atoms with van der Waals surface area (Å²) in [6.45, 7) is 2.21. The first-order valence-electron chi connectivity index (χ1n) is 43.0. The van der Waals surface area contributed by atoms with Crippen LogP contribution < -0.4 is 82.1 Å². The molecule has 6 N–H and O–H groups in total. The number of halogens is 5. The van der Waals surface area contributed by atoms with Gasteiger partial charge in [0.15, 0.2) is 40.3 Å². The van der Waals surface area contributed by atoms with Gasteiger partial charge in [-0.1, -0.05) is 327 Å². The maximum absolute atomic E-state index is 9.04. The molecule has 5 heterocycles. The molecule has 0 aliphatic rings. The summed E-state index contributed by atoms with van der Waals surface area (Å²) in [7, 11) is 16.8. The van der Waals surface area contributed by atoms with E-state index in [-0.39, 0.29) is 31.7 Å². The van der Waals surface area contributed by atoms with Crippen molar-refractivity contribution in [1.82, 2.24) is 39.9 Å². The number of aromatic nitrogens is 8. The number of para-hydroxylation sites is 2. The zero-order valence-electron chi connectivity index (χ0n) is 75.3. The molecule has 14 aromatic carbocycles. The fourth-order valence-corrected chi connectivity index (χ4v) is 19.6. The van der Waals surface area contributed by atoms with Gasteiger partial charge in [-0.15, -0.1) is 0 Å². The first kappa shape index (κ1) is 102. The molecular formula is C108H99BCl5N11O8P2Pd. The van der Waals surface area contributed by atoms with Crippen molar-refractivity contribution in [3.05, 3.63) is 415 Å². The minimum atomic E-state index is -1.46. The molecular weight excluding hydrogens is 1940 g/mol. The Balaban J connectivity index is 0.000000146. The third-order valence-corrected chi connectivity index (χ3v) is 26.3. The van der Waals surface area contributed by atoms with Crippen molar-refractivity contribution < 1.29 is 54.4 Å². The van der Waals surface area contributed by atoms with Crippen molar-refractivity contribution in [3.8, 4) is 45.9 Å². The molecule has 19 rings (SSSR count). The smallest absolute Gasteiger partial charge is 0.0134 e. The third kappa shape index (κ3) is 29.4. The molecule has 0 atom stereocenters. The van der Waals surface area contributed by atoms with E-state index in [1.165, 1.54) is 48.5 Å². The second-order valence-corrected chi connectivity index (χ2v) is 37.3. The van der Waals surface area contributed by atoms with Gasteiger partial charge in [0.25, 0.3) is 0 Å². The number of nitrogens with two attached hydrogens (primary N) is 1. The van der Waals surface area contributed by atoms with Crippen molar-refractivity contribution in [2.45, 2.75) is 19.3 Å². The van der Waals surface area contributed by atoms with Gasteiger partial charge in [0.05, 0.1) is 70.2 Å². The molecule has 0 aliphatic heterocycles. The summed E-state index contributed by atoms with van der Waals surface area (Å²) in [5.41, 5.74) is 14.1. The average molecular weight is 2040 g/mol. The van der Waals surface area contributed by atoms with Gasteiger partial charge in [-0.05, 0) is 155 Å². The van der Waals surface area contributed by atoms with Gasteiger partial charge in [-0.2, -0.15) is 0 Å². The Morgan fingerprint density at radius 1 is 0.331 bits per heavy atom. The summed E-state index contributed by atoms with van der Waals surface area (Å²) in [5, 5.41) is 38.2. The van der Waals surface area contributed by atoms with E-state index < -0.39 is 23.0 Å². The first-order valence-corrected chi connectivity index (χ1v) is 50.8. The normalized spacial score (nSPS) is 10.5. The van der Waals surface area contributed by atoms with E-state index in [0.29, 0.717) is 73.5 Å². The molecule has 0 unspecified atom stereocenters. The van der Waals surface area contributed by atoms with Crippen LogP contribution in [0.5, 0.6) is 34.5 Å². The van der Waals surface area contributed by atoms with Crippen LogP contribution in [-0.4, -0.2) is 119 Å². The van der Waals surface area contributed by atoms with Crippen LogP contribution in [0.15, 0.2) is 382 Å². The topological polar surface area (TPSA) is 249 Å². The van der Waals surface area contributed by atoms with Gasteiger partial charge in [-0.3, -0.25) is 9.97 Å². The SMILES string of the molecule is COc1cc2nc(-c3cccc4cccnc34)nc(NCCc3ccccc3)c2cc1OC.COc1cc2nc(Cl)nc(Cl)c2cc1OC.COc1cc2nc(Cl)nc(NCCc3ccccc3)c2cc1OC.NCCc1ccccc1.OB(O)c1cccc2cccnc12.[Cl][Pd][Cl].c1ccc(P(c2ccccc2)c2ccccc2)cc1.c1ccc(P(c2ccccc2)c2ccccc2)cc1. The summed E-state index contributed by atoms with van der Waals surface area (Å²) >= 11 is 17.6. The quantitative estimate of drug-likeness (QED) is 0.0163. The molecule has 28 heteroatoms. The van der Waals surface area contributed by atoms with E-state index in [1.54, 1.807) is 85.4 Å². The second-order valence-electron chi connectivity index (χ2n) is 29.4. The Morgan fingerprint density at radius 3 is 1.00 bits per heavy atom. The number of methoxy groups -OCH3 is 6. The number of nitrogens with zero attached hydrogens (tertiary/aromatic N) is 8. The van der Waals surface area contributed by atoms with E-state index in [0.717, 1.165) is 82.9 Å². The first-order chi connectivity index (χ1) is 66.7. The van der Waals surface area contributed by atoms with E-state index in [4.69, 9.17) is 108 Å². The summed E-state index contributed by atoms with van der Waals surface area (Å²) in [6, 6.07) is 125. The van der Waals surface area contributed by atoms with Gasteiger partial charge in [0.1, 0.15) is 16.8 Å². The van der Waals surface area contributed by atoms with Crippen molar-refractivity contribution in [1.29, 1.82) is 0 Å². The number of fused-ring (bicyclic) bond motifs is 5. The van der Waals surface area contributed by atoms with Gasteiger partial charge in [0, 0.05) is 76.3 Å². The molecule has 0 spiro atoms. The molecule has 19 nitrogen and oxygen atoms in total. The van der Waals surface area contributed by atoms with Crippen LogP contribution >= 0.6 is 69.7 Å². The molecule has 0 radical (unpaired) electrons. The molecule has 0 aliphatic carbocycles. The Kier molecular flexibility index (Phi) is 41.1. The summed E-state index contributed by atoms with van der Waals surface area (Å²) in [4.78, 5) is 35.0. The molecule has 0 bridgehead atoms. The maximum atomic E-state index is 9.04. The van der Waals surface area contributed by atoms with Crippen LogP contribution in [0.1, 0.15) is 16.7 Å². The molecule has 0 saturated carbocycles. The predicted octanol–water partition coefficient (Wildman–Crippen LogP) is 21.8. The van der Waals surface area contributed by atoms with Crippen molar-refractivity contribution in [2.24, 2.45) is 5.73 Å². The average Bonchev–Trinajstić information content (AvgIpc) is 0.761. The van der Waals surface area contributed by atoms with Crippen LogP contribution in [-0.2, 0) is 35.2 Å². The number of ether oxygens (including phenoxy) is 6. The number of benzene rings is 14. The number of rotatable bonds is 24. The van der Waals surface area contributed by atoms with Crippen LogP contribution in [0.25, 0.3) is 65.9 Å². The molecule has 19 aromatic rings. The number of pyridine rings is 2. The van der Waals surface area contributed by atoms with E-state index in [1.807, 2.05) is 109 Å². The standard InChI is InChI=1S/C27H24N4O2.C18H18ClN3O2.2C18H15P.C10H8Cl2N2O2.C9H8BNO2.C8H11N.2ClH.Pd/c1-32-23-16-21-22(17-24(23)33-2)30-27(20-12-6-10-19-11-7-14-28-25(19)20)31-26(21)29-15-13-18-8-4-3-5-9-18;1-23-15-10-13-14(11-16(15)24-2)21-18(19)22-17(13)20-9-8-12-6-4-3-5-7-12;2*1-4-10-16(11-5-1)19(17-12-6-2-7-13-17)18-14-8-3-9-15-18;1-15-7-3-5-6(4-8(7)16-2)13-10(12)14-9(5)11;12-10(13)8-5-1-3-7-4-2-6-11-9(7)8;9-7-6-8-4-2-1-3-5-8;;;/h3-12,14,16-17H,13,15H2,1-2H3,(H,29,30,31);3-7,10-11H,8-9H2,1-2H3,(H,20,21,22);2*1-15H;3-4H,1-2H3;1-6,12-13H;1-5H,6-7,9H2;2*1H;/q;;;;;;;;;+2/p-2. The largest absolute Gasteiger partial charge is 0.0622 e. The van der Waals surface area contributed by atoms with Crippen molar-refractivity contribution >= 4 is 180 Å². The third-order valence-electron chi connectivity index (χ3n) is 20.8. The summed E-state index contributed by atoms with van der Waals surface area (Å²) < 4.78 is 32.0. The van der Waals surface area contributed by atoms with Crippen molar-refractivity contribution in [2.75, 3.05) is 72.9 Å². The Labute approximate surface area is 826 Å². The maximum Gasteiger partial charge on any atom is -0.0134 e. The number of anilines is 2. The van der Waals surface area contributed by atoms with Crippen molar-refractivity contribution in [3.63, 3.8) is 0 Å². The van der Waals surface area contributed by atoms with Gasteiger partial charge < -0.3 is 54.8 Å². The van der Waals surface area contributed by atoms with E-state index >= 15 is 0 Å². The number of nitrogens with one attached hydrogen (secondary N) is 2. The number of hydrogen-bond acceptors (Lipinski definition) is 19. The summed E-state index contributed by atoms with van der Waals surface area (Å²) in [5.74, 6) is 5.68. The summed E-state index contributed by atoms with van der Waals surface area (Å²) in [6.07, 6.45) is 6.18. The van der Waals surface area contributed by atoms with E-state index in [2.05, 4.69) is 271 Å². The number of hydrogen-bond donors (Lipinski definition) is 5. The van der Waals surface area contributed by atoms with Crippen LogP contribution in [0.4, 0.5) is 11.6 Å². The van der Waals surface area contributed by atoms with Gasteiger partial charge in [0.2, 0.25) is 10.6 Å². The fraction of sp³-hybridized carbons (Fsp3) is 0.111.